The summed E-state index contributed by atoms with van der Waals surface area (Å²) in [4.78, 5) is 15.5. The van der Waals surface area contributed by atoms with Crippen LogP contribution in [0.1, 0.15) is 74.1 Å². The highest BCUT2D eigenvalue weighted by atomic mass is 15.3. The van der Waals surface area contributed by atoms with Crippen molar-refractivity contribution in [3.63, 3.8) is 0 Å². The first-order chi connectivity index (χ1) is 16.0. The number of piperazine rings is 1. The maximum atomic E-state index is 2.75. The summed E-state index contributed by atoms with van der Waals surface area (Å²) in [6.07, 6.45) is 5.09. The lowest BCUT2D eigenvalue weighted by Crippen LogP contribution is -2.59. The molecule has 6 heteroatoms. The molecule has 1 unspecified atom stereocenters. The molecule has 1 atom stereocenters. The van der Waals surface area contributed by atoms with Crippen LogP contribution < -0.4 is 0 Å². The Labute approximate surface area is 220 Å². The van der Waals surface area contributed by atoms with Crippen molar-refractivity contribution in [3.8, 4) is 0 Å². The second kappa shape index (κ2) is 12.5. The molecule has 0 aromatic carbocycles. The average Bonchev–Trinajstić information content (AvgIpc) is 2.77. The molecule has 0 radical (unpaired) electrons. The molecule has 2 saturated heterocycles. The number of rotatable bonds is 11. The molecule has 0 saturated carbocycles. The van der Waals surface area contributed by atoms with Crippen LogP contribution in [0.15, 0.2) is 0 Å². The predicted octanol–water partition coefficient (Wildman–Crippen LogP) is 3.63. The first kappa shape index (κ1) is 31.0. The third-order valence-electron chi connectivity index (χ3n) is 9.50. The summed E-state index contributed by atoms with van der Waals surface area (Å²) in [5, 5.41) is 0. The zero-order valence-electron chi connectivity index (χ0n) is 25.8. The summed E-state index contributed by atoms with van der Waals surface area (Å²) < 4.78 is 0. The Hall–Kier alpha value is -0.240. The van der Waals surface area contributed by atoms with E-state index in [4.69, 9.17) is 0 Å². The zero-order chi connectivity index (χ0) is 26.6. The van der Waals surface area contributed by atoms with Gasteiger partial charge in [0.1, 0.15) is 0 Å². The van der Waals surface area contributed by atoms with Gasteiger partial charge in [0.15, 0.2) is 0 Å². The van der Waals surface area contributed by atoms with Gasteiger partial charge in [0.25, 0.3) is 0 Å². The number of hydrogen-bond donors (Lipinski definition) is 0. The van der Waals surface area contributed by atoms with E-state index in [1.807, 2.05) is 0 Å². The predicted molar refractivity (Wildman–Crippen MR) is 154 cm³/mol. The van der Waals surface area contributed by atoms with Gasteiger partial charge >= 0.3 is 0 Å². The fourth-order valence-electron chi connectivity index (χ4n) is 5.78. The second-order valence-electron chi connectivity index (χ2n) is 14.2. The molecule has 35 heavy (non-hydrogen) atoms. The van der Waals surface area contributed by atoms with Gasteiger partial charge in [-0.15, -0.1) is 0 Å². The van der Waals surface area contributed by atoms with Gasteiger partial charge in [-0.1, -0.05) is 0 Å². The monoisotopic (exact) mass is 495 g/mol. The van der Waals surface area contributed by atoms with Crippen LogP contribution >= 0.6 is 0 Å². The highest BCUT2D eigenvalue weighted by Crippen LogP contribution is 2.30. The molecule has 0 amide bonds. The van der Waals surface area contributed by atoms with Crippen molar-refractivity contribution in [3.05, 3.63) is 0 Å². The minimum absolute atomic E-state index is 0.213. The molecule has 0 bridgehead atoms. The minimum atomic E-state index is 0.213. The number of nitrogens with zero attached hydrogens (tertiary/aromatic N) is 6. The Balaban J connectivity index is 1.79. The Morgan fingerprint density at radius 2 is 1.34 bits per heavy atom. The number of likely N-dealkylation sites (tertiary alicyclic amines) is 1. The van der Waals surface area contributed by atoms with E-state index >= 15 is 0 Å². The summed E-state index contributed by atoms with van der Waals surface area (Å²) in [6.45, 7) is 26.3. The van der Waals surface area contributed by atoms with Gasteiger partial charge in [-0.2, -0.15) is 0 Å². The first-order valence-electron chi connectivity index (χ1n) is 14.3. The van der Waals surface area contributed by atoms with E-state index in [-0.39, 0.29) is 16.6 Å². The van der Waals surface area contributed by atoms with Crippen molar-refractivity contribution in [1.29, 1.82) is 0 Å². The van der Waals surface area contributed by atoms with Gasteiger partial charge in [-0.05, 0) is 109 Å². The molecule has 2 heterocycles. The lowest BCUT2D eigenvalue weighted by atomic mass is 9.86. The summed E-state index contributed by atoms with van der Waals surface area (Å²) in [5.74, 6) is 0. The van der Waals surface area contributed by atoms with Crippen LogP contribution in [0.5, 0.6) is 0 Å². The molecule has 2 aliphatic rings. The fraction of sp³-hybridized carbons (Fsp3) is 1.00. The highest BCUT2D eigenvalue weighted by molar-refractivity contribution is 4.91. The summed E-state index contributed by atoms with van der Waals surface area (Å²) >= 11 is 0. The van der Waals surface area contributed by atoms with Crippen molar-refractivity contribution in [2.75, 3.05) is 87.6 Å². The molecule has 2 rings (SSSR count). The van der Waals surface area contributed by atoms with Crippen molar-refractivity contribution < 1.29 is 0 Å². The van der Waals surface area contributed by atoms with Gasteiger partial charge < -0.3 is 9.80 Å². The first-order valence-corrected chi connectivity index (χ1v) is 14.3. The molecular formula is C29H62N6. The van der Waals surface area contributed by atoms with E-state index in [0.717, 1.165) is 25.7 Å². The number of likely N-dealkylation sites (N-methyl/N-ethyl adjacent to an activating group) is 3. The van der Waals surface area contributed by atoms with Crippen molar-refractivity contribution in [1.82, 2.24) is 29.4 Å². The van der Waals surface area contributed by atoms with E-state index in [0.29, 0.717) is 6.04 Å². The maximum absolute atomic E-state index is 2.75. The standard InChI is InChI=1S/C29H62N6/c1-27(2,3)35-22-20-32(11)26(24-35)23-31(10)19-21-33(12)28(4,5)15-16-29(6,7)34-17-13-25(14-18-34)30(8)9/h25-26H,13-24H2,1-12H3. The van der Waals surface area contributed by atoms with Crippen LogP contribution in [0.4, 0.5) is 0 Å². The Bertz CT molecular complexity index is 617. The van der Waals surface area contributed by atoms with Crippen LogP contribution in [0.3, 0.4) is 0 Å². The highest BCUT2D eigenvalue weighted by Gasteiger charge is 2.34. The molecular weight excluding hydrogens is 432 g/mol. The SMILES string of the molecule is CN(CCN(C)C(C)(C)CCC(C)(C)N1CCC(N(C)C)CC1)CC1CN(C(C)(C)C)CCN1C. The molecule has 208 valence electrons. The number of hydrogen-bond acceptors (Lipinski definition) is 6. The molecule has 0 aliphatic carbocycles. The van der Waals surface area contributed by atoms with Crippen LogP contribution in [-0.2, 0) is 0 Å². The van der Waals surface area contributed by atoms with Crippen LogP contribution in [0.25, 0.3) is 0 Å². The van der Waals surface area contributed by atoms with Crippen molar-refractivity contribution in [2.24, 2.45) is 0 Å². The smallest absolute Gasteiger partial charge is 0.0348 e. The molecule has 2 aliphatic heterocycles. The zero-order valence-corrected chi connectivity index (χ0v) is 25.8. The Morgan fingerprint density at radius 3 is 1.89 bits per heavy atom. The van der Waals surface area contributed by atoms with Gasteiger partial charge in [-0.3, -0.25) is 19.6 Å². The van der Waals surface area contributed by atoms with Crippen LogP contribution in [0.2, 0.25) is 0 Å². The summed E-state index contributed by atoms with van der Waals surface area (Å²) in [6, 6.07) is 1.37. The minimum Gasteiger partial charge on any atom is -0.306 e. The second-order valence-corrected chi connectivity index (χ2v) is 14.2. The summed E-state index contributed by atoms with van der Waals surface area (Å²) in [5.41, 5.74) is 0.750. The van der Waals surface area contributed by atoms with Gasteiger partial charge in [-0.25, -0.2) is 0 Å². The molecule has 2 fully saturated rings. The lowest BCUT2D eigenvalue weighted by Gasteiger charge is -2.47. The molecule has 6 nitrogen and oxygen atoms in total. The number of piperidine rings is 1. The Morgan fingerprint density at radius 1 is 0.743 bits per heavy atom. The topological polar surface area (TPSA) is 19.4 Å². The van der Waals surface area contributed by atoms with Crippen molar-refractivity contribution in [2.45, 2.75) is 103 Å². The van der Waals surface area contributed by atoms with E-state index < -0.39 is 0 Å². The third kappa shape index (κ3) is 9.22. The fourth-order valence-corrected chi connectivity index (χ4v) is 5.78. The van der Waals surface area contributed by atoms with E-state index in [2.05, 4.69) is 113 Å². The average molecular weight is 495 g/mol. The third-order valence-corrected chi connectivity index (χ3v) is 9.50. The van der Waals surface area contributed by atoms with Gasteiger partial charge in [0.2, 0.25) is 0 Å². The van der Waals surface area contributed by atoms with Gasteiger partial charge in [0, 0.05) is 81.1 Å². The molecule has 0 aromatic heterocycles. The van der Waals surface area contributed by atoms with Crippen molar-refractivity contribution >= 4 is 0 Å². The quantitative estimate of drug-likeness (QED) is 0.434. The van der Waals surface area contributed by atoms with Crippen LogP contribution in [-0.4, -0.2) is 146 Å². The summed E-state index contributed by atoms with van der Waals surface area (Å²) in [7, 11) is 11.4. The Kier molecular flexibility index (Phi) is 11.1. The molecule has 0 aromatic rings. The van der Waals surface area contributed by atoms with Gasteiger partial charge in [0.05, 0.1) is 0 Å². The lowest BCUT2D eigenvalue weighted by molar-refractivity contribution is 0.0205. The van der Waals surface area contributed by atoms with E-state index in [1.54, 1.807) is 0 Å². The molecule has 0 spiro atoms. The molecule has 0 N–H and O–H groups in total. The normalized spacial score (nSPS) is 23.2. The largest absolute Gasteiger partial charge is 0.306 e. The van der Waals surface area contributed by atoms with E-state index in [1.165, 1.54) is 58.4 Å². The van der Waals surface area contributed by atoms with E-state index in [9.17, 15) is 0 Å². The maximum Gasteiger partial charge on any atom is 0.0348 e. The van der Waals surface area contributed by atoms with Crippen LogP contribution in [0, 0.1) is 0 Å².